The predicted molar refractivity (Wildman–Crippen MR) is 61.6 cm³/mol. The van der Waals surface area contributed by atoms with Crippen molar-refractivity contribution in [2.45, 2.75) is 13.0 Å². The number of benzene rings is 2. The molecule has 0 saturated heterocycles. The molecule has 0 spiro atoms. The van der Waals surface area contributed by atoms with E-state index < -0.39 is 23.6 Å². The van der Waals surface area contributed by atoms with Crippen molar-refractivity contribution < 1.29 is 18.3 Å². The van der Waals surface area contributed by atoms with Gasteiger partial charge in [-0.2, -0.15) is 0 Å². The van der Waals surface area contributed by atoms with Gasteiger partial charge in [-0.3, -0.25) is 0 Å². The van der Waals surface area contributed by atoms with Crippen molar-refractivity contribution in [2.24, 2.45) is 0 Å². The molecule has 0 aliphatic rings. The lowest BCUT2D eigenvalue weighted by Gasteiger charge is -2.15. The van der Waals surface area contributed by atoms with Crippen LogP contribution >= 0.6 is 0 Å². The molecule has 0 aromatic heterocycles. The fraction of sp³-hybridized carbons (Fsp3) is 0.143. The number of hydrogen-bond donors (Lipinski definition) is 1. The maximum Gasteiger partial charge on any atom is 0.129 e. The third kappa shape index (κ3) is 2.38. The van der Waals surface area contributed by atoms with E-state index in [1.807, 2.05) is 0 Å². The molecule has 1 unspecified atom stereocenters. The van der Waals surface area contributed by atoms with Crippen molar-refractivity contribution in [2.75, 3.05) is 0 Å². The van der Waals surface area contributed by atoms with Gasteiger partial charge in [0, 0.05) is 5.56 Å². The highest BCUT2D eigenvalue weighted by molar-refractivity contribution is 5.36. The number of hydrogen-bond acceptors (Lipinski definition) is 1. The minimum absolute atomic E-state index is 0.205. The number of aryl methyl sites for hydroxylation is 1. The van der Waals surface area contributed by atoms with Crippen LogP contribution in [0.15, 0.2) is 36.4 Å². The first-order chi connectivity index (χ1) is 8.49. The Morgan fingerprint density at radius 3 is 2.11 bits per heavy atom. The lowest BCUT2D eigenvalue weighted by Crippen LogP contribution is -2.05. The molecular weight excluding hydrogens is 241 g/mol. The largest absolute Gasteiger partial charge is 0.384 e. The minimum atomic E-state index is -1.39. The van der Waals surface area contributed by atoms with Gasteiger partial charge in [0.25, 0.3) is 0 Å². The zero-order chi connectivity index (χ0) is 13.3. The quantitative estimate of drug-likeness (QED) is 0.867. The van der Waals surface area contributed by atoms with E-state index in [2.05, 4.69) is 0 Å². The molecule has 1 nitrogen and oxygen atoms in total. The van der Waals surface area contributed by atoms with Gasteiger partial charge >= 0.3 is 0 Å². The average Bonchev–Trinajstić information content (AvgIpc) is 2.34. The molecule has 0 amide bonds. The first kappa shape index (κ1) is 12.6. The van der Waals surface area contributed by atoms with Gasteiger partial charge < -0.3 is 5.11 Å². The van der Waals surface area contributed by atoms with Gasteiger partial charge in [-0.25, -0.2) is 13.2 Å². The maximum absolute atomic E-state index is 13.5. The Morgan fingerprint density at radius 2 is 1.44 bits per heavy atom. The van der Waals surface area contributed by atoms with Crippen molar-refractivity contribution in [1.29, 1.82) is 0 Å². The van der Waals surface area contributed by atoms with Gasteiger partial charge in [-0.1, -0.05) is 6.07 Å². The zero-order valence-electron chi connectivity index (χ0n) is 9.62. The van der Waals surface area contributed by atoms with Crippen LogP contribution in [0.5, 0.6) is 0 Å². The van der Waals surface area contributed by atoms with E-state index in [-0.39, 0.29) is 11.1 Å². The van der Waals surface area contributed by atoms with Gasteiger partial charge in [-0.15, -0.1) is 0 Å². The van der Waals surface area contributed by atoms with Crippen molar-refractivity contribution in [1.82, 2.24) is 0 Å². The molecule has 0 aliphatic heterocycles. The van der Waals surface area contributed by atoms with Crippen LogP contribution in [0.1, 0.15) is 22.8 Å². The topological polar surface area (TPSA) is 20.2 Å². The van der Waals surface area contributed by atoms with E-state index in [0.29, 0.717) is 5.56 Å². The van der Waals surface area contributed by atoms with Crippen molar-refractivity contribution in [3.63, 3.8) is 0 Å². The van der Waals surface area contributed by atoms with Crippen LogP contribution in [0.2, 0.25) is 0 Å². The molecule has 18 heavy (non-hydrogen) atoms. The van der Waals surface area contributed by atoms with E-state index in [9.17, 15) is 18.3 Å². The van der Waals surface area contributed by atoms with E-state index >= 15 is 0 Å². The molecule has 0 aliphatic carbocycles. The summed E-state index contributed by atoms with van der Waals surface area (Å²) in [6.07, 6.45) is -1.39. The van der Waals surface area contributed by atoms with E-state index in [1.165, 1.54) is 12.1 Å². The van der Waals surface area contributed by atoms with Gasteiger partial charge in [0.05, 0.1) is 0 Å². The summed E-state index contributed by atoms with van der Waals surface area (Å²) in [6.45, 7) is 1.66. The monoisotopic (exact) mass is 252 g/mol. The molecule has 0 bridgehead atoms. The number of aliphatic hydroxyl groups excluding tert-OH is 1. The van der Waals surface area contributed by atoms with Crippen LogP contribution in [0.4, 0.5) is 13.2 Å². The molecular formula is C14H11F3O. The summed E-state index contributed by atoms with van der Waals surface area (Å²) in [5.74, 6) is -1.92. The highest BCUT2D eigenvalue weighted by Gasteiger charge is 2.18. The Hall–Kier alpha value is -1.81. The molecule has 2 aromatic carbocycles. The normalized spacial score (nSPS) is 12.5. The van der Waals surface area contributed by atoms with Gasteiger partial charge in [0.15, 0.2) is 0 Å². The van der Waals surface area contributed by atoms with Crippen molar-refractivity contribution in [3.05, 3.63) is 70.5 Å². The Bertz CT molecular complexity index is 530. The average molecular weight is 252 g/mol. The summed E-state index contributed by atoms with van der Waals surface area (Å²) < 4.78 is 39.7. The molecule has 1 atom stereocenters. The highest BCUT2D eigenvalue weighted by Crippen LogP contribution is 2.27. The molecule has 94 valence electrons. The van der Waals surface area contributed by atoms with Gasteiger partial charge in [0.2, 0.25) is 0 Å². The Morgan fingerprint density at radius 1 is 0.889 bits per heavy atom. The Balaban J connectivity index is 2.50. The zero-order valence-corrected chi connectivity index (χ0v) is 9.62. The maximum atomic E-state index is 13.5. The Kier molecular flexibility index (Phi) is 3.39. The summed E-state index contributed by atoms with van der Waals surface area (Å²) in [5, 5.41) is 10.0. The fourth-order valence-electron chi connectivity index (χ4n) is 1.80. The Labute approximate surface area is 103 Å². The van der Waals surface area contributed by atoms with Crippen LogP contribution in [0.3, 0.4) is 0 Å². The van der Waals surface area contributed by atoms with Crippen LogP contribution in [-0.2, 0) is 0 Å². The van der Waals surface area contributed by atoms with Gasteiger partial charge in [0.1, 0.15) is 23.6 Å². The second-order valence-electron chi connectivity index (χ2n) is 4.07. The number of rotatable bonds is 2. The van der Waals surface area contributed by atoms with Gasteiger partial charge in [-0.05, 0) is 48.4 Å². The third-order valence-electron chi connectivity index (χ3n) is 2.79. The molecule has 2 rings (SSSR count). The molecule has 0 heterocycles. The number of halogens is 3. The second-order valence-corrected chi connectivity index (χ2v) is 4.07. The third-order valence-corrected chi connectivity index (χ3v) is 2.79. The predicted octanol–water partition coefficient (Wildman–Crippen LogP) is 3.49. The summed E-state index contributed by atoms with van der Waals surface area (Å²) in [7, 11) is 0. The lowest BCUT2D eigenvalue weighted by molar-refractivity contribution is 0.213. The molecule has 0 fully saturated rings. The first-order valence-corrected chi connectivity index (χ1v) is 5.38. The first-order valence-electron chi connectivity index (χ1n) is 5.38. The molecule has 4 heteroatoms. The molecule has 2 aromatic rings. The number of aliphatic hydroxyl groups is 1. The highest BCUT2D eigenvalue weighted by atomic mass is 19.1. The van der Waals surface area contributed by atoms with E-state index in [4.69, 9.17) is 0 Å². The molecule has 0 radical (unpaired) electrons. The SMILES string of the molecule is Cc1ccc(F)cc1C(O)c1cc(F)ccc1F. The van der Waals surface area contributed by atoms with Crippen LogP contribution in [-0.4, -0.2) is 5.11 Å². The van der Waals surface area contributed by atoms with Crippen molar-refractivity contribution >= 4 is 0 Å². The summed E-state index contributed by atoms with van der Waals surface area (Å²) >= 11 is 0. The van der Waals surface area contributed by atoms with E-state index in [0.717, 1.165) is 24.3 Å². The molecule has 0 saturated carbocycles. The standard InChI is InChI=1S/C14H11F3O/c1-8-2-3-9(15)6-11(8)14(18)12-7-10(16)4-5-13(12)17/h2-7,14,18H,1H3. The summed E-state index contributed by atoms with van der Waals surface area (Å²) in [5.41, 5.74) is 0.621. The fourth-order valence-corrected chi connectivity index (χ4v) is 1.80. The summed E-state index contributed by atoms with van der Waals surface area (Å²) in [6, 6.07) is 6.64. The second kappa shape index (κ2) is 4.82. The van der Waals surface area contributed by atoms with Crippen LogP contribution in [0, 0.1) is 24.4 Å². The smallest absolute Gasteiger partial charge is 0.129 e. The minimum Gasteiger partial charge on any atom is -0.384 e. The lowest BCUT2D eigenvalue weighted by atomic mass is 9.97. The summed E-state index contributed by atoms with van der Waals surface area (Å²) in [4.78, 5) is 0. The van der Waals surface area contributed by atoms with Crippen molar-refractivity contribution in [3.8, 4) is 0 Å². The molecule has 1 N–H and O–H groups in total. The van der Waals surface area contributed by atoms with Crippen LogP contribution < -0.4 is 0 Å². The van der Waals surface area contributed by atoms with E-state index in [1.54, 1.807) is 6.92 Å². The van der Waals surface area contributed by atoms with Crippen LogP contribution in [0.25, 0.3) is 0 Å².